The summed E-state index contributed by atoms with van der Waals surface area (Å²) in [7, 11) is 0. The third-order valence-corrected chi connectivity index (χ3v) is 4.99. The maximum Gasteiger partial charge on any atom is 0.258 e. The van der Waals surface area contributed by atoms with E-state index in [9.17, 15) is 4.79 Å². The normalized spacial score (nSPS) is 11.2. The van der Waals surface area contributed by atoms with Crippen LogP contribution in [-0.2, 0) is 13.0 Å². The molecular weight excluding hydrogens is 372 g/mol. The average Bonchev–Trinajstić information content (AvgIpc) is 3.25. The molecule has 1 N–H and O–H groups in total. The van der Waals surface area contributed by atoms with Crippen molar-refractivity contribution in [1.29, 1.82) is 0 Å². The summed E-state index contributed by atoms with van der Waals surface area (Å²) in [6.45, 7) is 2.32. The van der Waals surface area contributed by atoms with Gasteiger partial charge >= 0.3 is 0 Å². The number of aryl methyl sites for hydroxylation is 1. The topological polar surface area (TPSA) is 72.8 Å². The van der Waals surface area contributed by atoms with Gasteiger partial charge in [-0.3, -0.25) is 9.36 Å². The van der Waals surface area contributed by atoms with Crippen molar-refractivity contribution in [1.82, 2.24) is 19.5 Å². The number of hydrogen-bond acceptors (Lipinski definition) is 5. The molecule has 0 fully saturated rings. The van der Waals surface area contributed by atoms with Crippen molar-refractivity contribution in [2.45, 2.75) is 20.0 Å². The van der Waals surface area contributed by atoms with Gasteiger partial charge in [-0.05, 0) is 24.3 Å². The van der Waals surface area contributed by atoms with Crippen molar-refractivity contribution >= 4 is 34.0 Å². The van der Waals surface area contributed by atoms with Crippen LogP contribution in [0, 0.1) is 0 Å². The van der Waals surface area contributed by atoms with Gasteiger partial charge in [0.25, 0.3) is 5.56 Å². The van der Waals surface area contributed by atoms with Gasteiger partial charge in [-0.2, -0.15) is 0 Å². The van der Waals surface area contributed by atoms with Gasteiger partial charge in [-0.15, -0.1) is 11.3 Å². The summed E-state index contributed by atoms with van der Waals surface area (Å²) in [4.78, 5) is 24.3. The highest BCUT2D eigenvalue weighted by Crippen LogP contribution is 2.20. The van der Waals surface area contributed by atoms with Crippen LogP contribution in [0.15, 0.2) is 47.5 Å². The third kappa shape index (κ3) is 3.36. The van der Waals surface area contributed by atoms with Crippen LogP contribution in [0.1, 0.15) is 17.8 Å². The van der Waals surface area contributed by atoms with Gasteiger partial charge in [0.2, 0.25) is 0 Å². The first-order valence-electron chi connectivity index (χ1n) is 8.07. The van der Waals surface area contributed by atoms with Gasteiger partial charge in [0, 0.05) is 18.7 Å². The lowest BCUT2D eigenvalue weighted by Crippen LogP contribution is -2.16. The molecule has 0 atom stereocenters. The minimum atomic E-state index is -0.172. The Hall–Kier alpha value is -2.64. The number of hydrogen-bond donors (Lipinski definition) is 1. The van der Waals surface area contributed by atoms with Crippen LogP contribution in [0.3, 0.4) is 0 Å². The molecule has 0 unspecified atom stereocenters. The summed E-state index contributed by atoms with van der Waals surface area (Å²) in [5.74, 6) is 1.42. The largest absolute Gasteiger partial charge is 0.486 e. The first-order chi connectivity index (χ1) is 12.6. The summed E-state index contributed by atoms with van der Waals surface area (Å²) in [5.41, 5.74) is 2.40. The Kier molecular flexibility index (Phi) is 4.48. The van der Waals surface area contributed by atoms with Crippen LogP contribution in [0.5, 0.6) is 5.75 Å². The van der Waals surface area contributed by atoms with E-state index in [0.717, 1.165) is 34.0 Å². The van der Waals surface area contributed by atoms with Crippen molar-refractivity contribution in [3.05, 3.63) is 68.2 Å². The number of rotatable bonds is 5. The predicted octanol–water partition coefficient (Wildman–Crippen LogP) is 3.97. The summed E-state index contributed by atoms with van der Waals surface area (Å²) in [6, 6.07) is 8.92. The van der Waals surface area contributed by atoms with Crippen LogP contribution < -0.4 is 10.3 Å². The summed E-state index contributed by atoms with van der Waals surface area (Å²) < 4.78 is 7.80. The van der Waals surface area contributed by atoms with Crippen LogP contribution in [-0.4, -0.2) is 19.5 Å². The Balaban J connectivity index is 1.58. The highest BCUT2D eigenvalue weighted by atomic mass is 35.5. The first-order valence-corrected chi connectivity index (χ1v) is 9.26. The number of aromatic nitrogens is 4. The van der Waals surface area contributed by atoms with Crippen LogP contribution in [0.4, 0.5) is 0 Å². The fourth-order valence-corrected chi connectivity index (χ4v) is 3.50. The van der Waals surface area contributed by atoms with Crippen molar-refractivity contribution in [2.75, 3.05) is 0 Å². The number of benzene rings is 1. The second-order valence-electron chi connectivity index (χ2n) is 5.66. The second-order valence-corrected chi connectivity index (χ2v) is 7.40. The summed E-state index contributed by atoms with van der Waals surface area (Å²) >= 11 is 7.20. The number of imidazole rings is 1. The van der Waals surface area contributed by atoms with Crippen LogP contribution in [0.25, 0.3) is 16.7 Å². The van der Waals surface area contributed by atoms with Crippen LogP contribution in [0.2, 0.25) is 4.34 Å². The predicted molar refractivity (Wildman–Crippen MR) is 103 cm³/mol. The molecule has 4 rings (SSSR count). The smallest absolute Gasteiger partial charge is 0.258 e. The van der Waals surface area contributed by atoms with Crippen molar-refractivity contribution in [3.8, 4) is 11.4 Å². The molecule has 0 bridgehead atoms. The number of thiazole rings is 1. The zero-order valence-corrected chi connectivity index (χ0v) is 15.5. The quantitative estimate of drug-likeness (QED) is 0.563. The molecule has 0 aliphatic heterocycles. The molecular formula is C18H15ClN4O2S. The monoisotopic (exact) mass is 386 g/mol. The number of fused-ring (bicyclic) bond motifs is 1. The summed E-state index contributed by atoms with van der Waals surface area (Å²) in [5, 5.41) is 0.760. The van der Waals surface area contributed by atoms with Crippen LogP contribution >= 0.6 is 22.9 Å². The lowest BCUT2D eigenvalue weighted by atomic mass is 10.2. The molecule has 8 heteroatoms. The molecule has 3 aromatic heterocycles. The maximum atomic E-state index is 12.5. The zero-order valence-electron chi connectivity index (χ0n) is 13.9. The van der Waals surface area contributed by atoms with Gasteiger partial charge in [0.15, 0.2) is 0 Å². The van der Waals surface area contributed by atoms with E-state index in [2.05, 4.69) is 15.0 Å². The fraction of sp³-hybridized carbons (Fsp3) is 0.167. The lowest BCUT2D eigenvalue weighted by molar-refractivity contribution is 0.304. The lowest BCUT2D eigenvalue weighted by Gasteiger charge is -2.08. The number of pyridine rings is 1. The van der Waals surface area contributed by atoms with E-state index in [-0.39, 0.29) is 12.2 Å². The minimum absolute atomic E-state index is 0.172. The highest BCUT2D eigenvalue weighted by molar-refractivity contribution is 7.15. The van der Waals surface area contributed by atoms with Gasteiger partial charge in [0.05, 0.1) is 22.9 Å². The molecule has 0 radical (unpaired) electrons. The summed E-state index contributed by atoms with van der Waals surface area (Å²) in [6.07, 6.45) is 4.11. The molecule has 6 nitrogen and oxygen atoms in total. The molecule has 132 valence electrons. The Morgan fingerprint density at radius 1 is 1.31 bits per heavy atom. The molecule has 0 aliphatic carbocycles. The number of ether oxygens (including phenoxy) is 1. The molecule has 0 amide bonds. The number of H-pyrrole nitrogens is 1. The Bertz CT molecular complexity index is 1130. The standard InChI is InChI=1S/C18H15ClN4O2S/c1-2-16-21-13-4-3-11(7-14(13)22-16)23-6-5-12(8-18(23)24)25-10-17-20-9-15(19)26-17/h3-9H,2,10H2,1H3,(H,21,22). The van der Waals surface area contributed by atoms with Gasteiger partial charge in [0.1, 0.15) is 27.5 Å². The molecule has 0 spiro atoms. The number of nitrogens with one attached hydrogen (secondary N) is 1. The van der Waals surface area contributed by atoms with Gasteiger partial charge < -0.3 is 9.72 Å². The average molecular weight is 387 g/mol. The Morgan fingerprint density at radius 3 is 2.92 bits per heavy atom. The zero-order chi connectivity index (χ0) is 18.1. The SMILES string of the molecule is CCc1nc2ccc(-n3ccc(OCc4ncc(Cl)s4)cc3=O)cc2[nH]1. The Morgan fingerprint density at radius 2 is 2.19 bits per heavy atom. The first kappa shape index (κ1) is 16.8. The van der Waals surface area contributed by atoms with Crippen molar-refractivity contribution in [2.24, 2.45) is 0 Å². The number of aromatic amines is 1. The maximum absolute atomic E-state index is 12.5. The van der Waals surface area contributed by atoms with Gasteiger partial charge in [-0.1, -0.05) is 18.5 Å². The molecule has 1 aromatic carbocycles. The molecule has 0 aliphatic rings. The molecule has 3 heterocycles. The molecule has 0 saturated heterocycles. The molecule has 0 saturated carbocycles. The fourth-order valence-electron chi connectivity index (χ4n) is 2.63. The van der Waals surface area contributed by atoms with E-state index >= 15 is 0 Å². The van der Waals surface area contributed by atoms with E-state index in [1.165, 1.54) is 17.4 Å². The second kappa shape index (κ2) is 6.93. The Labute approximate surface area is 158 Å². The number of halogens is 1. The van der Waals surface area contributed by atoms with Crippen molar-refractivity contribution < 1.29 is 4.74 Å². The third-order valence-electron chi connectivity index (χ3n) is 3.91. The minimum Gasteiger partial charge on any atom is -0.486 e. The molecule has 4 aromatic rings. The van der Waals surface area contributed by atoms with Gasteiger partial charge in [-0.25, -0.2) is 9.97 Å². The van der Waals surface area contributed by atoms with E-state index in [1.54, 1.807) is 23.0 Å². The van der Waals surface area contributed by atoms with E-state index in [1.807, 2.05) is 25.1 Å². The number of nitrogens with zero attached hydrogens (tertiary/aromatic N) is 3. The van der Waals surface area contributed by atoms with E-state index in [4.69, 9.17) is 16.3 Å². The highest BCUT2D eigenvalue weighted by Gasteiger charge is 2.07. The molecule has 26 heavy (non-hydrogen) atoms. The van der Waals surface area contributed by atoms with E-state index < -0.39 is 0 Å². The van der Waals surface area contributed by atoms with E-state index in [0.29, 0.717) is 10.1 Å². The van der Waals surface area contributed by atoms with Crippen molar-refractivity contribution in [3.63, 3.8) is 0 Å².